The van der Waals surface area contributed by atoms with Crippen molar-refractivity contribution < 1.29 is 9.18 Å². The number of halogens is 1. The summed E-state index contributed by atoms with van der Waals surface area (Å²) in [5.41, 5.74) is 1.53. The second-order valence-corrected chi connectivity index (χ2v) is 5.02. The van der Waals surface area contributed by atoms with E-state index < -0.39 is 5.82 Å². The van der Waals surface area contributed by atoms with Crippen molar-refractivity contribution in [2.24, 2.45) is 0 Å². The Morgan fingerprint density at radius 3 is 2.87 bits per heavy atom. The molecular weight excluding hydrogens is 295 g/mol. The van der Waals surface area contributed by atoms with Crippen molar-refractivity contribution >= 4 is 11.7 Å². The molecule has 0 aliphatic heterocycles. The number of carbonyl (C=O) groups excluding carboxylic acids is 1. The highest BCUT2D eigenvalue weighted by molar-refractivity contribution is 5.94. The third kappa shape index (κ3) is 4.78. The zero-order valence-electron chi connectivity index (χ0n) is 12.8. The number of carbonyl (C=O) groups is 1. The Balaban J connectivity index is 1.74. The van der Waals surface area contributed by atoms with E-state index >= 15 is 0 Å². The summed E-state index contributed by atoms with van der Waals surface area (Å²) in [5.74, 6) is -0.105. The maximum atomic E-state index is 13.0. The quantitative estimate of drug-likeness (QED) is 0.804. The van der Waals surface area contributed by atoms with Crippen LogP contribution in [-0.4, -0.2) is 24.0 Å². The Hall–Kier alpha value is -2.94. The van der Waals surface area contributed by atoms with E-state index in [4.69, 9.17) is 5.26 Å². The minimum Gasteiger partial charge on any atom is -0.370 e. The molecule has 0 bridgehead atoms. The first-order valence-electron chi connectivity index (χ1n) is 7.25. The molecule has 2 N–H and O–H groups in total. The predicted molar refractivity (Wildman–Crippen MR) is 85.5 cm³/mol. The summed E-state index contributed by atoms with van der Waals surface area (Å²) in [6, 6.07) is 11.2. The molecule has 5 nitrogen and oxygen atoms in total. The standard InChI is InChI=1S/C17H17FN4O/c1-12-6-7-16(22-15(12)11-19)20-8-3-9-21-17(23)13-4-2-5-14(18)10-13/h2,4-7,10H,3,8-9H2,1H3,(H,20,22)(H,21,23). The number of anilines is 1. The van der Waals surface area contributed by atoms with Crippen LogP contribution in [0.2, 0.25) is 0 Å². The summed E-state index contributed by atoms with van der Waals surface area (Å²) in [5, 5.41) is 14.7. The number of nitriles is 1. The van der Waals surface area contributed by atoms with E-state index in [1.165, 1.54) is 18.2 Å². The van der Waals surface area contributed by atoms with Gasteiger partial charge in [-0.3, -0.25) is 4.79 Å². The zero-order chi connectivity index (χ0) is 16.7. The number of benzene rings is 1. The van der Waals surface area contributed by atoms with Gasteiger partial charge in [-0.15, -0.1) is 0 Å². The molecule has 1 aromatic carbocycles. The molecule has 0 spiro atoms. The van der Waals surface area contributed by atoms with E-state index in [2.05, 4.69) is 15.6 Å². The lowest BCUT2D eigenvalue weighted by atomic mass is 10.2. The van der Waals surface area contributed by atoms with Crippen LogP contribution in [-0.2, 0) is 0 Å². The molecule has 6 heteroatoms. The van der Waals surface area contributed by atoms with E-state index in [0.29, 0.717) is 36.6 Å². The first-order chi connectivity index (χ1) is 11.1. The number of hydrogen-bond acceptors (Lipinski definition) is 4. The molecule has 1 amide bonds. The lowest BCUT2D eigenvalue weighted by Gasteiger charge is -2.08. The number of hydrogen-bond donors (Lipinski definition) is 2. The monoisotopic (exact) mass is 312 g/mol. The minimum absolute atomic E-state index is 0.301. The van der Waals surface area contributed by atoms with Gasteiger partial charge in [-0.2, -0.15) is 5.26 Å². The Kier molecular flexibility index (Phi) is 5.64. The van der Waals surface area contributed by atoms with Crippen molar-refractivity contribution in [3.63, 3.8) is 0 Å². The molecule has 0 fully saturated rings. The summed E-state index contributed by atoms with van der Waals surface area (Å²) in [6.07, 6.45) is 0.679. The Bertz CT molecular complexity index is 740. The predicted octanol–water partition coefficient (Wildman–Crippen LogP) is 2.63. The molecule has 0 radical (unpaired) electrons. The van der Waals surface area contributed by atoms with Crippen molar-refractivity contribution in [3.05, 3.63) is 59.0 Å². The van der Waals surface area contributed by atoms with Crippen LogP contribution in [0.1, 0.15) is 28.0 Å². The van der Waals surface area contributed by atoms with Crippen LogP contribution in [0, 0.1) is 24.1 Å². The van der Waals surface area contributed by atoms with Gasteiger partial charge in [0.05, 0.1) is 0 Å². The molecule has 2 aromatic rings. The van der Waals surface area contributed by atoms with Crippen LogP contribution in [0.25, 0.3) is 0 Å². The summed E-state index contributed by atoms with van der Waals surface area (Å²) in [6.45, 7) is 2.89. The minimum atomic E-state index is -0.432. The Morgan fingerprint density at radius 2 is 2.13 bits per heavy atom. The number of rotatable bonds is 6. The molecule has 0 unspecified atom stereocenters. The highest BCUT2D eigenvalue weighted by atomic mass is 19.1. The van der Waals surface area contributed by atoms with Gasteiger partial charge in [-0.25, -0.2) is 9.37 Å². The first kappa shape index (κ1) is 16.4. The van der Waals surface area contributed by atoms with Crippen LogP contribution >= 0.6 is 0 Å². The molecule has 1 heterocycles. The number of amides is 1. The van der Waals surface area contributed by atoms with Crippen molar-refractivity contribution in [1.82, 2.24) is 10.3 Å². The summed E-state index contributed by atoms with van der Waals surface area (Å²) >= 11 is 0. The van der Waals surface area contributed by atoms with Crippen molar-refractivity contribution in [1.29, 1.82) is 5.26 Å². The lowest BCUT2D eigenvalue weighted by Crippen LogP contribution is -2.26. The van der Waals surface area contributed by atoms with Crippen molar-refractivity contribution in [2.75, 3.05) is 18.4 Å². The average molecular weight is 312 g/mol. The number of nitrogens with zero attached hydrogens (tertiary/aromatic N) is 2. The molecule has 1 aromatic heterocycles. The summed E-state index contributed by atoms with van der Waals surface area (Å²) < 4.78 is 13.0. The highest BCUT2D eigenvalue weighted by Gasteiger charge is 2.05. The van der Waals surface area contributed by atoms with E-state index in [1.54, 1.807) is 6.07 Å². The smallest absolute Gasteiger partial charge is 0.251 e. The molecule has 0 saturated carbocycles. The molecule has 0 aliphatic carbocycles. The molecule has 118 valence electrons. The van der Waals surface area contributed by atoms with E-state index in [0.717, 1.165) is 5.56 Å². The van der Waals surface area contributed by atoms with Crippen LogP contribution in [0.15, 0.2) is 36.4 Å². The van der Waals surface area contributed by atoms with E-state index in [1.807, 2.05) is 25.1 Å². The van der Waals surface area contributed by atoms with Crippen LogP contribution in [0.5, 0.6) is 0 Å². The molecule has 2 rings (SSSR count). The topological polar surface area (TPSA) is 77.8 Å². The molecule has 0 atom stereocenters. The fourth-order valence-electron chi connectivity index (χ4n) is 1.98. The largest absolute Gasteiger partial charge is 0.370 e. The van der Waals surface area contributed by atoms with Crippen LogP contribution in [0.4, 0.5) is 10.2 Å². The molecule has 0 saturated heterocycles. The summed E-state index contributed by atoms with van der Waals surface area (Å²) in [7, 11) is 0. The number of pyridine rings is 1. The van der Waals surface area contributed by atoms with E-state index in [-0.39, 0.29) is 5.91 Å². The van der Waals surface area contributed by atoms with Crippen LogP contribution in [0.3, 0.4) is 0 Å². The van der Waals surface area contributed by atoms with Gasteiger partial charge in [0.2, 0.25) is 0 Å². The number of aryl methyl sites for hydroxylation is 1. The molecular formula is C17H17FN4O. The average Bonchev–Trinajstić information content (AvgIpc) is 2.55. The van der Waals surface area contributed by atoms with Gasteiger partial charge in [0, 0.05) is 18.7 Å². The second kappa shape index (κ2) is 7.90. The Morgan fingerprint density at radius 1 is 1.30 bits per heavy atom. The number of aromatic nitrogens is 1. The van der Waals surface area contributed by atoms with Gasteiger partial charge in [0.25, 0.3) is 5.91 Å². The van der Waals surface area contributed by atoms with Crippen molar-refractivity contribution in [2.45, 2.75) is 13.3 Å². The van der Waals surface area contributed by atoms with Gasteiger partial charge < -0.3 is 10.6 Å². The molecule has 23 heavy (non-hydrogen) atoms. The lowest BCUT2D eigenvalue weighted by molar-refractivity contribution is 0.0953. The fraction of sp³-hybridized carbons (Fsp3) is 0.235. The van der Waals surface area contributed by atoms with E-state index in [9.17, 15) is 9.18 Å². The van der Waals surface area contributed by atoms with Crippen LogP contribution < -0.4 is 10.6 Å². The third-order valence-corrected chi connectivity index (χ3v) is 3.23. The molecule has 0 aliphatic rings. The zero-order valence-corrected chi connectivity index (χ0v) is 12.8. The van der Waals surface area contributed by atoms with Crippen molar-refractivity contribution in [3.8, 4) is 6.07 Å². The Labute approximate surface area is 134 Å². The van der Waals surface area contributed by atoms with Gasteiger partial charge in [0.1, 0.15) is 23.4 Å². The second-order valence-electron chi connectivity index (χ2n) is 5.02. The normalized spacial score (nSPS) is 9.96. The number of nitrogens with one attached hydrogen (secondary N) is 2. The maximum absolute atomic E-state index is 13.0. The van der Waals surface area contributed by atoms with Gasteiger partial charge in [-0.1, -0.05) is 12.1 Å². The van der Waals surface area contributed by atoms with Gasteiger partial charge >= 0.3 is 0 Å². The first-order valence-corrected chi connectivity index (χ1v) is 7.25. The third-order valence-electron chi connectivity index (χ3n) is 3.23. The van der Waals surface area contributed by atoms with Gasteiger partial charge in [-0.05, 0) is 43.2 Å². The maximum Gasteiger partial charge on any atom is 0.251 e. The highest BCUT2D eigenvalue weighted by Crippen LogP contribution is 2.09. The SMILES string of the molecule is Cc1ccc(NCCCNC(=O)c2cccc(F)c2)nc1C#N. The summed E-state index contributed by atoms with van der Waals surface area (Å²) in [4.78, 5) is 16.0. The van der Waals surface area contributed by atoms with Gasteiger partial charge in [0.15, 0.2) is 0 Å². The fourth-order valence-corrected chi connectivity index (χ4v) is 1.98.